The third kappa shape index (κ3) is 3.64. The van der Waals surface area contributed by atoms with E-state index in [4.69, 9.17) is 0 Å². The number of anilines is 1. The van der Waals surface area contributed by atoms with Gasteiger partial charge in [0.15, 0.2) is 9.84 Å². The molecule has 0 aliphatic carbocycles. The van der Waals surface area contributed by atoms with Gasteiger partial charge in [0.05, 0.1) is 11.5 Å². The zero-order valence-electron chi connectivity index (χ0n) is 9.85. The molecule has 96 valence electrons. The van der Waals surface area contributed by atoms with Crippen molar-refractivity contribution in [2.24, 2.45) is 0 Å². The molecule has 1 aromatic rings. The Bertz CT molecular complexity index is 470. The minimum absolute atomic E-state index is 0.00354. The van der Waals surface area contributed by atoms with E-state index >= 15 is 0 Å². The minimum atomic E-state index is -2.86. The van der Waals surface area contributed by atoms with Gasteiger partial charge in [-0.25, -0.2) is 13.4 Å². The molecule has 0 saturated carbocycles. The number of sulfone groups is 1. The van der Waals surface area contributed by atoms with E-state index in [1.807, 2.05) is 0 Å². The Labute approximate surface area is 106 Å². The quantitative estimate of drug-likeness (QED) is 0.901. The largest absolute Gasteiger partial charge is 0.357 e. The molecule has 1 saturated heterocycles. The van der Waals surface area contributed by atoms with Crippen LogP contribution in [0.15, 0.2) is 0 Å². The molecule has 17 heavy (non-hydrogen) atoms. The van der Waals surface area contributed by atoms with Crippen molar-refractivity contribution < 1.29 is 8.42 Å². The van der Waals surface area contributed by atoms with Crippen LogP contribution in [0.2, 0.25) is 0 Å². The number of hydrogen-bond acceptors (Lipinski definition) is 6. The molecule has 0 spiro atoms. The van der Waals surface area contributed by atoms with E-state index in [2.05, 4.69) is 21.6 Å². The number of hydrogen-bond donors (Lipinski definition) is 1. The summed E-state index contributed by atoms with van der Waals surface area (Å²) in [6.45, 7) is 2.09. The van der Waals surface area contributed by atoms with Gasteiger partial charge in [0.25, 0.3) is 0 Å². The van der Waals surface area contributed by atoms with E-state index in [1.165, 1.54) is 11.5 Å². The molecule has 1 fully saturated rings. The molecular weight excluding hydrogens is 258 g/mol. The minimum Gasteiger partial charge on any atom is -0.357 e. The van der Waals surface area contributed by atoms with Crippen molar-refractivity contribution in [2.75, 3.05) is 16.8 Å². The van der Waals surface area contributed by atoms with E-state index in [9.17, 15) is 8.42 Å². The first-order valence-electron chi connectivity index (χ1n) is 5.88. The first-order valence-corrected chi connectivity index (χ1v) is 8.48. The normalized spacial score (nSPS) is 23.5. The molecule has 0 bridgehead atoms. The molecule has 7 heteroatoms. The van der Waals surface area contributed by atoms with Crippen molar-refractivity contribution in [1.29, 1.82) is 0 Å². The van der Waals surface area contributed by atoms with Crippen LogP contribution in [0, 0.1) is 0 Å². The van der Waals surface area contributed by atoms with Crippen LogP contribution < -0.4 is 5.32 Å². The van der Waals surface area contributed by atoms with Crippen molar-refractivity contribution in [3.05, 3.63) is 5.82 Å². The van der Waals surface area contributed by atoms with E-state index in [0.29, 0.717) is 5.75 Å². The van der Waals surface area contributed by atoms with Crippen molar-refractivity contribution in [3.8, 4) is 0 Å². The Morgan fingerprint density at radius 2 is 2.35 bits per heavy atom. The third-order valence-corrected chi connectivity index (χ3v) is 5.24. The number of aromatic nitrogens is 2. The Kier molecular flexibility index (Phi) is 3.98. The van der Waals surface area contributed by atoms with E-state index in [0.717, 1.165) is 36.6 Å². The highest BCUT2D eigenvalue weighted by atomic mass is 32.2. The fraction of sp³-hybridized carbons (Fsp3) is 0.800. The predicted octanol–water partition coefficient (Wildman–Crippen LogP) is 1.48. The van der Waals surface area contributed by atoms with Crippen LogP contribution >= 0.6 is 11.5 Å². The second kappa shape index (κ2) is 5.30. The summed E-state index contributed by atoms with van der Waals surface area (Å²) in [7, 11) is -2.86. The molecule has 1 aliphatic heterocycles. The number of aryl methyl sites for hydroxylation is 1. The Morgan fingerprint density at radius 3 is 3.06 bits per heavy atom. The molecular formula is C10H17N3O2S2. The van der Waals surface area contributed by atoms with Gasteiger partial charge in [0.1, 0.15) is 5.82 Å². The van der Waals surface area contributed by atoms with Crippen LogP contribution in [-0.2, 0) is 16.3 Å². The van der Waals surface area contributed by atoms with Gasteiger partial charge in [-0.3, -0.25) is 0 Å². The molecule has 0 radical (unpaired) electrons. The lowest BCUT2D eigenvalue weighted by Crippen LogP contribution is -2.34. The first-order chi connectivity index (χ1) is 8.09. The summed E-state index contributed by atoms with van der Waals surface area (Å²) in [6.07, 6.45) is 3.53. The van der Waals surface area contributed by atoms with Crippen LogP contribution in [0.3, 0.4) is 0 Å². The number of nitrogens with one attached hydrogen (secondary N) is 1. The molecule has 1 aromatic heterocycles. The summed E-state index contributed by atoms with van der Waals surface area (Å²) in [5.41, 5.74) is 0. The van der Waals surface area contributed by atoms with Crippen LogP contribution in [0.25, 0.3) is 0 Å². The molecule has 1 atom stereocenters. The maximum absolute atomic E-state index is 11.5. The van der Waals surface area contributed by atoms with Gasteiger partial charge in [-0.1, -0.05) is 6.92 Å². The summed E-state index contributed by atoms with van der Waals surface area (Å²) in [6, 6.07) is -0.00354. The van der Waals surface area contributed by atoms with Crippen molar-refractivity contribution in [1.82, 2.24) is 9.36 Å². The maximum Gasteiger partial charge on any atom is 0.202 e. The molecule has 2 heterocycles. The van der Waals surface area contributed by atoms with Crippen molar-refractivity contribution >= 4 is 26.5 Å². The van der Waals surface area contributed by atoms with Crippen LogP contribution in [-0.4, -0.2) is 35.3 Å². The zero-order valence-corrected chi connectivity index (χ0v) is 11.5. The Balaban J connectivity index is 1.95. The number of nitrogens with zero attached hydrogens (tertiary/aromatic N) is 2. The van der Waals surface area contributed by atoms with Gasteiger partial charge in [-0.05, 0) is 19.3 Å². The summed E-state index contributed by atoms with van der Waals surface area (Å²) in [4.78, 5) is 4.34. The lowest BCUT2D eigenvalue weighted by atomic mass is 10.2. The lowest BCUT2D eigenvalue weighted by Gasteiger charge is -2.22. The van der Waals surface area contributed by atoms with Crippen LogP contribution in [0.4, 0.5) is 5.13 Å². The fourth-order valence-electron chi connectivity index (χ4n) is 1.95. The second-order valence-corrected chi connectivity index (χ2v) is 7.34. The molecule has 0 amide bonds. The molecule has 5 nitrogen and oxygen atoms in total. The zero-order chi connectivity index (χ0) is 12.3. The topological polar surface area (TPSA) is 72.0 Å². The van der Waals surface area contributed by atoms with Gasteiger partial charge < -0.3 is 5.32 Å². The van der Waals surface area contributed by atoms with Crippen LogP contribution in [0.1, 0.15) is 32.0 Å². The molecule has 0 aromatic carbocycles. The number of rotatable bonds is 4. The van der Waals surface area contributed by atoms with Crippen molar-refractivity contribution in [2.45, 2.75) is 38.6 Å². The second-order valence-electron chi connectivity index (χ2n) is 4.36. The molecule has 1 unspecified atom stereocenters. The summed E-state index contributed by atoms with van der Waals surface area (Å²) in [5, 5.41) is 3.93. The van der Waals surface area contributed by atoms with E-state index in [-0.39, 0.29) is 11.8 Å². The Hall–Kier alpha value is -0.690. The van der Waals surface area contributed by atoms with Gasteiger partial charge in [-0.2, -0.15) is 4.37 Å². The average Bonchev–Trinajstić information content (AvgIpc) is 2.64. The van der Waals surface area contributed by atoms with Gasteiger partial charge in [-0.15, -0.1) is 0 Å². The van der Waals surface area contributed by atoms with Crippen molar-refractivity contribution in [3.63, 3.8) is 0 Å². The SMILES string of the molecule is CCCc1nsc(NC2CCCS(=O)(=O)C2)n1. The van der Waals surface area contributed by atoms with Gasteiger partial charge in [0.2, 0.25) is 5.13 Å². The monoisotopic (exact) mass is 275 g/mol. The first kappa shape index (κ1) is 12.8. The average molecular weight is 275 g/mol. The summed E-state index contributed by atoms with van der Waals surface area (Å²) in [5.74, 6) is 1.39. The molecule has 1 aliphatic rings. The fourth-order valence-corrected chi connectivity index (χ4v) is 4.27. The van der Waals surface area contributed by atoms with E-state index in [1.54, 1.807) is 0 Å². The third-order valence-electron chi connectivity index (χ3n) is 2.73. The van der Waals surface area contributed by atoms with Crippen LogP contribution in [0.5, 0.6) is 0 Å². The standard InChI is InChI=1S/C10H17N3O2S2/c1-2-4-9-12-10(16-13-9)11-8-5-3-6-17(14,15)7-8/h8H,2-7H2,1H3,(H,11,12,13). The van der Waals surface area contributed by atoms with Gasteiger partial charge in [0, 0.05) is 24.0 Å². The maximum atomic E-state index is 11.5. The highest BCUT2D eigenvalue weighted by molar-refractivity contribution is 7.91. The van der Waals surface area contributed by atoms with Gasteiger partial charge >= 0.3 is 0 Å². The molecule has 2 rings (SSSR count). The predicted molar refractivity (Wildman–Crippen MR) is 69.2 cm³/mol. The molecule has 1 N–H and O–H groups in total. The highest BCUT2D eigenvalue weighted by Crippen LogP contribution is 2.19. The smallest absolute Gasteiger partial charge is 0.202 e. The summed E-state index contributed by atoms with van der Waals surface area (Å²) < 4.78 is 27.2. The van der Waals surface area contributed by atoms with E-state index < -0.39 is 9.84 Å². The Morgan fingerprint density at radius 1 is 1.53 bits per heavy atom. The summed E-state index contributed by atoms with van der Waals surface area (Å²) >= 11 is 1.32. The lowest BCUT2D eigenvalue weighted by molar-refractivity contribution is 0.562. The highest BCUT2D eigenvalue weighted by Gasteiger charge is 2.25.